The molecule has 194 valence electrons. The number of benzene rings is 2. The molecule has 10 heteroatoms. The van der Waals surface area contributed by atoms with Gasteiger partial charge in [-0.1, -0.05) is 12.1 Å². The van der Waals surface area contributed by atoms with Crippen LogP contribution in [0.3, 0.4) is 0 Å². The number of carboxylic acid groups (broad SMARTS) is 1. The second-order valence-corrected chi connectivity index (χ2v) is 11.0. The molecule has 0 radical (unpaired) electrons. The molecule has 1 N–H and O–H groups in total. The van der Waals surface area contributed by atoms with Crippen LogP contribution in [0.5, 0.6) is 5.75 Å². The summed E-state index contributed by atoms with van der Waals surface area (Å²) >= 11 is 3.19. The van der Waals surface area contributed by atoms with Crippen LogP contribution in [-0.2, 0) is 11.0 Å². The number of aromatic nitrogens is 1. The molecule has 36 heavy (non-hydrogen) atoms. The Balaban J connectivity index is 1.53. The number of anilines is 1. The van der Waals surface area contributed by atoms with Gasteiger partial charge in [0.2, 0.25) is 0 Å². The number of carbonyl (C=O) groups is 1. The topological polar surface area (TPSA) is 62.7 Å². The zero-order valence-corrected chi connectivity index (χ0v) is 22.4. The smallest absolute Gasteiger partial charge is 0.416 e. The Morgan fingerprint density at radius 2 is 1.81 bits per heavy atom. The Labute approximate surface area is 217 Å². The Bertz CT molecular complexity index is 1210. The van der Waals surface area contributed by atoms with Gasteiger partial charge in [0, 0.05) is 29.4 Å². The van der Waals surface area contributed by atoms with Crippen LogP contribution in [0.25, 0.3) is 11.3 Å². The number of thiazole rings is 1. The van der Waals surface area contributed by atoms with Crippen molar-refractivity contribution in [2.75, 3.05) is 24.2 Å². The molecule has 0 aliphatic rings. The van der Waals surface area contributed by atoms with Gasteiger partial charge in [0.1, 0.15) is 5.75 Å². The highest BCUT2D eigenvalue weighted by atomic mass is 32.2. The largest absolute Gasteiger partial charge is 0.478 e. The minimum atomic E-state index is -4.35. The number of hydrogen-bond acceptors (Lipinski definition) is 6. The Kier molecular flexibility index (Phi) is 8.61. The number of nitrogens with zero attached hydrogens (tertiary/aromatic N) is 2. The molecule has 0 saturated carbocycles. The van der Waals surface area contributed by atoms with Crippen molar-refractivity contribution in [3.05, 3.63) is 58.5 Å². The summed E-state index contributed by atoms with van der Waals surface area (Å²) in [5, 5.41) is 12.0. The van der Waals surface area contributed by atoms with Gasteiger partial charge in [-0.2, -0.15) is 13.2 Å². The van der Waals surface area contributed by atoms with Crippen LogP contribution in [0.4, 0.5) is 18.3 Å². The highest BCUT2D eigenvalue weighted by molar-refractivity contribution is 7.99. The number of hydrogen-bond donors (Lipinski definition) is 1. The standard InChI is InChI=1S/C26H29F3N2O3S2/c1-16-14-22(17(2)13-21(16)34-25(3,4)23(32)33)35-12-6-11-31(5)24-30-20(15-36-24)18-7-9-19(10-8-18)26(27,28)29/h7-10,13-15H,6,11-12H2,1-5H3,(H,32,33). The highest BCUT2D eigenvalue weighted by Crippen LogP contribution is 2.34. The van der Waals surface area contributed by atoms with Crippen LogP contribution in [-0.4, -0.2) is 41.0 Å². The number of aliphatic carboxylic acids is 1. The minimum absolute atomic E-state index is 0.566. The molecule has 0 spiro atoms. The lowest BCUT2D eigenvalue weighted by Gasteiger charge is -2.23. The van der Waals surface area contributed by atoms with Gasteiger partial charge in [-0.25, -0.2) is 9.78 Å². The first-order valence-corrected chi connectivity index (χ1v) is 13.1. The zero-order valence-electron chi connectivity index (χ0n) is 20.8. The lowest BCUT2D eigenvalue weighted by atomic mass is 10.1. The van der Waals surface area contributed by atoms with Gasteiger partial charge in [-0.05, 0) is 75.3 Å². The Morgan fingerprint density at radius 1 is 1.14 bits per heavy atom. The molecule has 3 aromatic rings. The third-order valence-electron chi connectivity index (χ3n) is 5.57. The van der Waals surface area contributed by atoms with E-state index in [0.717, 1.165) is 52.0 Å². The van der Waals surface area contributed by atoms with E-state index in [4.69, 9.17) is 4.74 Å². The van der Waals surface area contributed by atoms with Crippen molar-refractivity contribution < 1.29 is 27.8 Å². The molecule has 0 unspecified atom stereocenters. The summed E-state index contributed by atoms with van der Waals surface area (Å²) in [5.74, 6) is 0.424. The van der Waals surface area contributed by atoms with Crippen LogP contribution in [0.15, 0.2) is 46.7 Å². The van der Waals surface area contributed by atoms with E-state index in [1.165, 1.54) is 37.3 Å². The third kappa shape index (κ3) is 6.94. The zero-order chi connectivity index (χ0) is 26.7. The summed E-state index contributed by atoms with van der Waals surface area (Å²) in [7, 11) is 1.95. The fourth-order valence-corrected chi connectivity index (χ4v) is 5.20. The predicted molar refractivity (Wildman–Crippen MR) is 139 cm³/mol. The lowest BCUT2D eigenvalue weighted by Crippen LogP contribution is -2.38. The molecule has 0 bridgehead atoms. The van der Waals surface area contributed by atoms with Crippen LogP contribution >= 0.6 is 23.1 Å². The maximum atomic E-state index is 12.8. The van der Waals surface area contributed by atoms with E-state index in [1.807, 2.05) is 43.3 Å². The summed E-state index contributed by atoms with van der Waals surface area (Å²) in [6.07, 6.45) is -3.45. The van der Waals surface area contributed by atoms with Crippen LogP contribution in [0.2, 0.25) is 0 Å². The number of halogens is 3. The molecule has 5 nitrogen and oxygen atoms in total. The normalized spacial score (nSPS) is 12.0. The van der Waals surface area contributed by atoms with Gasteiger partial charge in [0.05, 0.1) is 11.3 Å². The molecule has 0 amide bonds. The van der Waals surface area contributed by atoms with Gasteiger partial charge in [-0.15, -0.1) is 23.1 Å². The fraction of sp³-hybridized carbons (Fsp3) is 0.385. The molecule has 3 rings (SSSR count). The van der Waals surface area contributed by atoms with Gasteiger partial charge < -0.3 is 14.7 Å². The van der Waals surface area contributed by atoms with Crippen molar-refractivity contribution in [2.24, 2.45) is 0 Å². The predicted octanol–water partition coefficient (Wildman–Crippen LogP) is 7.31. The molecule has 0 fully saturated rings. The molecule has 0 aliphatic carbocycles. The SMILES string of the molecule is Cc1cc(SCCCN(C)c2nc(-c3ccc(C(F)(F)F)cc3)cs2)c(C)cc1OC(C)(C)C(=O)O. The van der Waals surface area contributed by atoms with Crippen LogP contribution in [0, 0.1) is 13.8 Å². The Hall–Kier alpha value is -2.72. The van der Waals surface area contributed by atoms with Gasteiger partial charge in [0.15, 0.2) is 10.7 Å². The van der Waals surface area contributed by atoms with Crippen molar-refractivity contribution in [3.63, 3.8) is 0 Å². The number of carboxylic acids is 1. The van der Waals surface area contributed by atoms with E-state index in [9.17, 15) is 23.1 Å². The average Bonchev–Trinajstić information content (AvgIpc) is 3.29. The molecule has 2 aromatic carbocycles. The Morgan fingerprint density at radius 3 is 2.42 bits per heavy atom. The van der Waals surface area contributed by atoms with E-state index in [0.29, 0.717) is 17.0 Å². The minimum Gasteiger partial charge on any atom is -0.478 e. The first kappa shape index (κ1) is 27.9. The first-order chi connectivity index (χ1) is 16.8. The van der Waals surface area contributed by atoms with Gasteiger partial charge in [0.25, 0.3) is 0 Å². The number of thioether (sulfide) groups is 1. The van der Waals surface area contributed by atoms with E-state index in [2.05, 4.69) is 4.98 Å². The monoisotopic (exact) mass is 538 g/mol. The second kappa shape index (κ2) is 11.1. The van der Waals surface area contributed by atoms with Gasteiger partial charge in [-0.3, -0.25) is 0 Å². The molecular weight excluding hydrogens is 509 g/mol. The maximum absolute atomic E-state index is 12.8. The van der Waals surface area contributed by atoms with Gasteiger partial charge >= 0.3 is 12.1 Å². The molecule has 0 atom stereocenters. The summed E-state index contributed by atoms with van der Waals surface area (Å²) in [6.45, 7) is 7.71. The highest BCUT2D eigenvalue weighted by Gasteiger charge is 2.31. The number of aryl methyl sites for hydroxylation is 2. The quantitative estimate of drug-likeness (QED) is 0.216. The van der Waals surface area contributed by atoms with Crippen LogP contribution in [0.1, 0.15) is 37.0 Å². The number of ether oxygens (including phenoxy) is 1. The van der Waals surface area contributed by atoms with Crippen LogP contribution < -0.4 is 9.64 Å². The fourth-order valence-electron chi connectivity index (χ4n) is 3.33. The lowest BCUT2D eigenvalue weighted by molar-refractivity contribution is -0.152. The average molecular weight is 539 g/mol. The molecule has 1 aromatic heterocycles. The molecule has 1 heterocycles. The molecule has 0 saturated heterocycles. The summed E-state index contributed by atoms with van der Waals surface area (Å²) < 4.78 is 44.1. The third-order valence-corrected chi connectivity index (χ3v) is 7.77. The van der Waals surface area contributed by atoms with E-state index < -0.39 is 23.3 Å². The molecular formula is C26H29F3N2O3S2. The van der Waals surface area contributed by atoms with Crippen molar-refractivity contribution >= 4 is 34.2 Å². The summed E-state index contributed by atoms with van der Waals surface area (Å²) in [5.41, 5.74) is 1.24. The maximum Gasteiger partial charge on any atom is 0.416 e. The molecule has 0 aliphatic heterocycles. The van der Waals surface area contributed by atoms with E-state index >= 15 is 0 Å². The number of rotatable bonds is 10. The van der Waals surface area contributed by atoms with Crippen molar-refractivity contribution in [2.45, 2.75) is 50.8 Å². The van der Waals surface area contributed by atoms with E-state index in [1.54, 1.807) is 11.8 Å². The summed E-state index contributed by atoms with van der Waals surface area (Å²) in [4.78, 5) is 19.1. The first-order valence-electron chi connectivity index (χ1n) is 11.3. The number of alkyl halides is 3. The second-order valence-electron chi connectivity index (χ2n) is 9.01. The van der Waals surface area contributed by atoms with Crippen molar-refractivity contribution in [1.29, 1.82) is 0 Å². The van der Waals surface area contributed by atoms with Crippen molar-refractivity contribution in [1.82, 2.24) is 4.98 Å². The van der Waals surface area contributed by atoms with E-state index in [-0.39, 0.29) is 0 Å². The summed E-state index contributed by atoms with van der Waals surface area (Å²) in [6, 6.07) is 8.94. The van der Waals surface area contributed by atoms with Crippen molar-refractivity contribution in [3.8, 4) is 17.0 Å².